The molecule has 0 aromatic rings. The Balaban J connectivity index is 3.61. The van der Waals surface area contributed by atoms with E-state index < -0.39 is 0 Å². The highest BCUT2D eigenvalue weighted by Gasteiger charge is 2.19. The SMILES string of the molecule is CC(N)CNC(C)C(C)(C)N. The molecule has 0 radical (unpaired) electrons. The summed E-state index contributed by atoms with van der Waals surface area (Å²) in [6.45, 7) is 8.88. The molecular weight excluding hydrogens is 138 g/mol. The summed E-state index contributed by atoms with van der Waals surface area (Å²) in [5.74, 6) is 0. The summed E-state index contributed by atoms with van der Waals surface area (Å²) < 4.78 is 0. The molecule has 3 heteroatoms. The summed E-state index contributed by atoms with van der Waals surface area (Å²) in [5.41, 5.74) is 11.3. The molecule has 0 heterocycles. The molecule has 0 bridgehead atoms. The van der Waals surface area contributed by atoms with Crippen molar-refractivity contribution in [2.75, 3.05) is 6.54 Å². The summed E-state index contributed by atoms with van der Waals surface area (Å²) in [5, 5.41) is 3.27. The van der Waals surface area contributed by atoms with Crippen LogP contribution in [0.1, 0.15) is 27.7 Å². The van der Waals surface area contributed by atoms with E-state index in [0.717, 1.165) is 6.54 Å². The predicted octanol–water partition coefficient (Wildman–Crippen LogP) is 0.0490. The van der Waals surface area contributed by atoms with Gasteiger partial charge in [0.2, 0.25) is 0 Å². The molecule has 11 heavy (non-hydrogen) atoms. The van der Waals surface area contributed by atoms with Gasteiger partial charge in [0.05, 0.1) is 0 Å². The van der Waals surface area contributed by atoms with Gasteiger partial charge in [-0.3, -0.25) is 0 Å². The van der Waals surface area contributed by atoms with Gasteiger partial charge in [0, 0.05) is 24.2 Å². The first-order valence-electron chi connectivity index (χ1n) is 4.12. The van der Waals surface area contributed by atoms with Crippen LogP contribution in [0.25, 0.3) is 0 Å². The van der Waals surface area contributed by atoms with Crippen LogP contribution in [0, 0.1) is 0 Å². The first kappa shape index (κ1) is 10.9. The fraction of sp³-hybridized carbons (Fsp3) is 1.00. The number of nitrogens with one attached hydrogen (secondary N) is 1. The minimum atomic E-state index is -0.172. The zero-order chi connectivity index (χ0) is 9.07. The Hall–Kier alpha value is -0.120. The third-order valence-corrected chi connectivity index (χ3v) is 1.86. The molecule has 0 aromatic heterocycles. The maximum absolute atomic E-state index is 5.86. The van der Waals surface area contributed by atoms with Gasteiger partial charge in [0.25, 0.3) is 0 Å². The molecule has 0 amide bonds. The van der Waals surface area contributed by atoms with E-state index in [1.807, 2.05) is 20.8 Å². The van der Waals surface area contributed by atoms with E-state index in [9.17, 15) is 0 Å². The van der Waals surface area contributed by atoms with Crippen molar-refractivity contribution in [3.05, 3.63) is 0 Å². The molecule has 0 saturated heterocycles. The lowest BCUT2D eigenvalue weighted by atomic mass is 9.97. The molecule has 3 nitrogen and oxygen atoms in total. The van der Waals surface area contributed by atoms with E-state index in [1.165, 1.54) is 0 Å². The molecule has 5 N–H and O–H groups in total. The molecular formula is C8H21N3. The van der Waals surface area contributed by atoms with E-state index in [2.05, 4.69) is 12.2 Å². The fourth-order valence-corrected chi connectivity index (χ4v) is 0.626. The van der Waals surface area contributed by atoms with E-state index in [0.29, 0.717) is 6.04 Å². The Morgan fingerprint density at radius 2 is 1.82 bits per heavy atom. The lowest BCUT2D eigenvalue weighted by molar-refractivity contribution is 0.358. The number of rotatable bonds is 4. The van der Waals surface area contributed by atoms with E-state index >= 15 is 0 Å². The van der Waals surface area contributed by atoms with Crippen molar-refractivity contribution in [3.63, 3.8) is 0 Å². The van der Waals surface area contributed by atoms with E-state index in [4.69, 9.17) is 11.5 Å². The highest BCUT2D eigenvalue weighted by atomic mass is 15.0. The van der Waals surface area contributed by atoms with Gasteiger partial charge in [-0.2, -0.15) is 0 Å². The van der Waals surface area contributed by atoms with Crippen LogP contribution in [-0.4, -0.2) is 24.2 Å². The van der Waals surface area contributed by atoms with Crippen LogP contribution in [0.3, 0.4) is 0 Å². The third kappa shape index (κ3) is 5.18. The molecule has 0 spiro atoms. The van der Waals surface area contributed by atoms with Gasteiger partial charge in [-0.1, -0.05) is 0 Å². The quantitative estimate of drug-likeness (QED) is 0.543. The summed E-state index contributed by atoms with van der Waals surface area (Å²) in [4.78, 5) is 0. The molecule has 0 fully saturated rings. The van der Waals surface area contributed by atoms with E-state index in [1.54, 1.807) is 0 Å². The first-order valence-corrected chi connectivity index (χ1v) is 4.12. The first-order chi connectivity index (χ1) is 4.84. The molecule has 0 saturated carbocycles. The number of nitrogens with two attached hydrogens (primary N) is 2. The summed E-state index contributed by atoms with van der Waals surface area (Å²) in [7, 11) is 0. The van der Waals surface area contributed by atoms with Crippen LogP contribution in [0.5, 0.6) is 0 Å². The second-order valence-electron chi connectivity index (χ2n) is 3.93. The van der Waals surface area contributed by atoms with Crippen LogP contribution in [-0.2, 0) is 0 Å². The van der Waals surface area contributed by atoms with Crippen LogP contribution in [0.2, 0.25) is 0 Å². The van der Waals surface area contributed by atoms with Gasteiger partial charge in [-0.15, -0.1) is 0 Å². The molecule has 0 aliphatic carbocycles. The van der Waals surface area contributed by atoms with Crippen molar-refractivity contribution in [2.45, 2.75) is 45.3 Å². The smallest absolute Gasteiger partial charge is 0.0249 e. The Morgan fingerprint density at radius 1 is 1.36 bits per heavy atom. The zero-order valence-electron chi connectivity index (χ0n) is 8.02. The molecule has 0 aromatic carbocycles. The van der Waals surface area contributed by atoms with Crippen LogP contribution < -0.4 is 16.8 Å². The number of hydrogen-bond acceptors (Lipinski definition) is 3. The molecule has 0 rings (SSSR count). The second kappa shape index (κ2) is 4.04. The minimum Gasteiger partial charge on any atom is -0.327 e. The summed E-state index contributed by atoms with van der Waals surface area (Å²) in [6, 6.07) is 0.494. The summed E-state index contributed by atoms with van der Waals surface area (Å²) >= 11 is 0. The monoisotopic (exact) mass is 159 g/mol. The molecule has 0 aliphatic heterocycles. The molecule has 2 unspecified atom stereocenters. The Bertz CT molecular complexity index is 104. The van der Waals surface area contributed by atoms with Crippen LogP contribution >= 0.6 is 0 Å². The average molecular weight is 159 g/mol. The van der Waals surface area contributed by atoms with Gasteiger partial charge in [0.1, 0.15) is 0 Å². The number of hydrogen-bond donors (Lipinski definition) is 3. The van der Waals surface area contributed by atoms with Crippen molar-refractivity contribution in [2.24, 2.45) is 11.5 Å². The third-order valence-electron chi connectivity index (χ3n) is 1.86. The van der Waals surface area contributed by atoms with Crippen LogP contribution in [0.15, 0.2) is 0 Å². The van der Waals surface area contributed by atoms with Crippen molar-refractivity contribution in [3.8, 4) is 0 Å². The van der Waals surface area contributed by atoms with Gasteiger partial charge < -0.3 is 16.8 Å². The van der Waals surface area contributed by atoms with Gasteiger partial charge in [-0.05, 0) is 27.7 Å². The minimum absolute atomic E-state index is 0.172. The van der Waals surface area contributed by atoms with Crippen molar-refractivity contribution in [1.29, 1.82) is 0 Å². The van der Waals surface area contributed by atoms with Crippen LogP contribution in [0.4, 0.5) is 0 Å². The topological polar surface area (TPSA) is 64.1 Å². The van der Waals surface area contributed by atoms with Gasteiger partial charge in [-0.25, -0.2) is 0 Å². The molecule has 0 aliphatic rings. The van der Waals surface area contributed by atoms with Crippen molar-refractivity contribution in [1.82, 2.24) is 5.32 Å². The van der Waals surface area contributed by atoms with Gasteiger partial charge >= 0.3 is 0 Å². The van der Waals surface area contributed by atoms with Crippen molar-refractivity contribution < 1.29 is 0 Å². The fourth-order valence-electron chi connectivity index (χ4n) is 0.626. The Kier molecular flexibility index (Phi) is 4.00. The van der Waals surface area contributed by atoms with Gasteiger partial charge in [0.15, 0.2) is 0 Å². The Morgan fingerprint density at radius 3 is 2.09 bits per heavy atom. The average Bonchev–Trinajstić information content (AvgIpc) is 1.80. The zero-order valence-corrected chi connectivity index (χ0v) is 8.02. The maximum atomic E-state index is 5.86. The lowest BCUT2D eigenvalue weighted by Gasteiger charge is -2.28. The summed E-state index contributed by atoms with van der Waals surface area (Å²) in [6.07, 6.45) is 0. The van der Waals surface area contributed by atoms with E-state index in [-0.39, 0.29) is 11.6 Å². The largest absolute Gasteiger partial charge is 0.327 e. The second-order valence-corrected chi connectivity index (χ2v) is 3.93. The lowest BCUT2D eigenvalue weighted by Crippen LogP contribution is -2.53. The predicted molar refractivity (Wildman–Crippen MR) is 49.4 cm³/mol. The van der Waals surface area contributed by atoms with Crippen molar-refractivity contribution >= 4 is 0 Å². The standard InChI is InChI=1S/C8H21N3/c1-6(9)5-11-7(2)8(3,4)10/h6-7,11H,5,9-10H2,1-4H3. The normalized spacial score (nSPS) is 18.0. The molecule has 2 atom stereocenters. The molecule has 68 valence electrons. The Labute approximate surface area is 69.5 Å². The highest BCUT2D eigenvalue weighted by molar-refractivity contribution is 4.84. The maximum Gasteiger partial charge on any atom is 0.0249 e. The highest BCUT2D eigenvalue weighted by Crippen LogP contribution is 2.02.